The molecule has 4 nitrogen and oxygen atoms in total. The highest BCUT2D eigenvalue weighted by Gasteiger charge is 2.22. The second-order valence-electron chi connectivity index (χ2n) is 6.64. The standard InChI is InChI=1S/C22H27F2NO3/c1-4-6-7-11-28-22(27)20(14-17-12-18(23)15-19(24)13-17)25-21(26)10-9-16(3)8-5-2/h1,9-10,12-13,15-16,20H,5-8,11,14H2,2-3H3,(H,25,26)/b10-9+/t16?,20-/m0/s1. The lowest BCUT2D eigenvalue weighted by molar-refractivity contribution is -0.147. The lowest BCUT2D eigenvalue weighted by Crippen LogP contribution is -2.43. The van der Waals surface area contributed by atoms with E-state index in [2.05, 4.69) is 18.2 Å². The number of hydrogen-bond acceptors (Lipinski definition) is 3. The summed E-state index contributed by atoms with van der Waals surface area (Å²) in [5, 5.41) is 2.56. The normalized spacial score (nSPS) is 13.0. The molecular weight excluding hydrogens is 364 g/mol. The van der Waals surface area contributed by atoms with E-state index in [1.807, 2.05) is 6.92 Å². The van der Waals surface area contributed by atoms with E-state index in [0.29, 0.717) is 12.8 Å². The van der Waals surface area contributed by atoms with Gasteiger partial charge in [0, 0.05) is 18.9 Å². The Balaban J connectivity index is 2.83. The maximum absolute atomic E-state index is 13.4. The molecule has 0 saturated heterocycles. The molecule has 0 bridgehead atoms. The number of hydrogen-bond donors (Lipinski definition) is 1. The molecule has 0 spiro atoms. The van der Waals surface area contributed by atoms with Crippen molar-refractivity contribution < 1.29 is 23.1 Å². The number of ether oxygens (including phenoxy) is 1. The number of carbonyl (C=O) groups is 2. The van der Waals surface area contributed by atoms with Crippen molar-refractivity contribution in [2.24, 2.45) is 5.92 Å². The molecule has 1 rings (SSSR count). The minimum atomic E-state index is -1.06. The van der Waals surface area contributed by atoms with E-state index in [9.17, 15) is 18.4 Å². The summed E-state index contributed by atoms with van der Waals surface area (Å²) < 4.78 is 32.0. The van der Waals surface area contributed by atoms with Crippen LogP contribution in [0.3, 0.4) is 0 Å². The number of unbranched alkanes of at least 4 members (excludes halogenated alkanes) is 1. The first-order valence-electron chi connectivity index (χ1n) is 9.39. The van der Waals surface area contributed by atoms with Crippen LogP contribution < -0.4 is 5.32 Å². The molecule has 0 saturated carbocycles. The average Bonchev–Trinajstić information content (AvgIpc) is 2.62. The number of amides is 1. The molecule has 28 heavy (non-hydrogen) atoms. The topological polar surface area (TPSA) is 55.4 Å². The van der Waals surface area contributed by atoms with Crippen LogP contribution in [0.15, 0.2) is 30.4 Å². The Kier molecular flexibility index (Phi) is 10.6. The lowest BCUT2D eigenvalue weighted by atomic mass is 10.0. The van der Waals surface area contributed by atoms with Gasteiger partial charge in [-0.1, -0.05) is 26.3 Å². The molecule has 0 aromatic heterocycles. The Morgan fingerprint density at radius 1 is 1.29 bits per heavy atom. The van der Waals surface area contributed by atoms with E-state index >= 15 is 0 Å². The van der Waals surface area contributed by atoms with E-state index in [4.69, 9.17) is 11.2 Å². The zero-order valence-electron chi connectivity index (χ0n) is 16.3. The summed E-state index contributed by atoms with van der Waals surface area (Å²) in [4.78, 5) is 24.5. The van der Waals surface area contributed by atoms with Crippen molar-refractivity contribution in [3.8, 4) is 12.3 Å². The SMILES string of the molecule is C#CCCCOC(=O)[C@H](Cc1cc(F)cc(F)c1)NC(=O)/C=C/C(C)CCC. The van der Waals surface area contributed by atoms with Crippen molar-refractivity contribution in [2.75, 3.05) is 6.61 Å². The fourth-order valence-corrected chi connectivity index (χ4v) is 2.63. The number of allylic oxidation sites excluding steroid dienone is 1. The molecule has 0 heterocycles. The maximum Gasteiger partial charge on any atom is 0.328 e. The third kappa shape index (κ3) is 9.31. The molecule has 0 aliphatic heterocycles. The summed E-state index contributed by atoms with van der Waals surface area (Å²) in [5.41, 5.74) is 0.242. The van der Waals surface area contributed by atoms with Crippen LogP contribution in [0.5, 0.6) is 0 Å². The smallest absolute Gasteiger partial charge is 0.328 e. The molecule has 1 amide bonds. The summed E-state index contributed by atoms with van der Waals surface area (Å²) in [6.07, 6.45) is 11.1. The molecular formula is C22H27F2NO3. The van der Waals surface area contributed by atoms with E-state index in [1.54, 1.807) is 6.08 Å². The van der Waals surface area contributed by atoms with Crippen molar-refractivity contribution in [1.29, 1.82) is 0 Å². The maximum atomic E-state index is 13.4. The summed E-state index contributed by atoms with van der Waals surface area (Å²) in [6.45, 7) is 4.14. The number of benzene rings is 1. The van der Waals surface area contributed by atoms with Gasteiger partial charge in [-0.3, -0.25) is 4.79 Å². The van der Waals surface area contributed by atoms with Crippen LogP contribution in [0.25, 0.3) is 0 Å². The van der Waals surface area contributed by atoms with Gasteiger partial charge in [-0.15, -0.1) is 12.3 Å². The van der Waals surface area contributed by atoms with Crippen LogP contribution in [0.1, 0.15) is 45.1 Å². The number of terminal acetylenes is 1. The zero-order chi connectivity index (χ0) is 20.9. The molecule has 6 heteroatoms. The fraction of sp³-hybridized carbons (Fsp3) is 0.455. The average molecular weight is 391 g/mol. The highest BCUT2D eigenvalue weighted by Crippen LogP contribution is 2.12. The Bertz CT molecular complexity index is 705. The van der Waals surface area contributed by atoms with Gasteiger partial charge in [-0.05, 0) is 42.5 Å². The molecule has 1 N–H and O–H groups in total. The van der Waals surface area contributed by atoms with Gasteiger partial charge in [0.15, 0.2) is 0 Å². The monoisotopic (exact) mass is 391 g/mol. The van der Waals surface area contributed by atoms with Crippen LogP contribution >= 0.6 is 0 Å². The molecule has 152 valence electrons. The first-order chi connectivity index (χ1) is 13.3. The molecule has 2 atom stereocenters. The Morgan fingerprint density at radius 2 is 1.96 bits per heavy atom. The molecule has 0 fully saturated rings. The molecule has 0 radical (unpaired) electrons. The third-order valence-electron chi connectivity index (χ3n) is 3.99. The van der Waals surface area contributed by atoms with Crippen LogP contribution in [0.2, 0.25) is 0 Å². The fourth-order valence-electron chi connectivity index (χ4n) is 2.63. The summed E-state index contributed by atoms with van der Waals surface area (Å²) in [5.74, 6) is 0.0125. The number of rotatable bonds is 11. The predicted octanol–water partition coefficient (Wildman–Crippen LogP) is 3.94. The van der Waals surface area contributed by atoms with Crippen LogP contribution in [-0.2, 0) is 20.7 Å². The van der Waals surface area contributed by atoms with E-state index in [-0.39, 0.29) is 24.5 Å². The van der Waals surface area contributed by atoms with Crippen molar-refractivity contribution in [3.05, 3.63) is 47.5 Å². The number of halogens is 2. The Hall–Kier alpha value is -2.68. The van der Waals surface area contributed by atoms with Gasteiger partial charge in [-0.25, -0.2) is 13.6 Å². The van der Waals surface area contributed by atoms with Gasteiger partial charge in [0.1, 0.15) is 17.7 Å². The number of carbonyl (C=O) groups excluding carboxylic acids is 2. The summed E-state index contributed by atoms with van der Waals surface area (Å²) in [6, 6.07) is 1.92. The Labute approximate surface area is 165 Å². The van der Waals surface area contributed by atoms with Crippen LogP contribution in [0, 0.1) is 29.9 Å². The van der Waals surface area contributed by atoms with Gasteiger partial charge in [-0.2, -0.15) is 0 Å². The lowest BCUT2D eigenvalue weighted by Gasteiger charge is -2.17. The predicted molar refractivity (Wildman–Crippen MR) is 104 cm³/mol. The quantitative estimate of drug-likeness (QED) is 0.269. The van der Waals surface area contributed by atoms with Gasteiger partial charge in [0.05, 0.1) is 6.61 Å². The van der Waals surface area contributed by atoms with Crippen molar-refractivity contribution in [2.45, 2.75) is 52.0 Å². The highest BCUT2D eigenvalue weighted by atomic mass is 19.1. The van der Waals surface area contributed by atoms with Gasteiger partial charge < -0.3 is 10.1 Å². The van der Waals surface area contributed by atoms with Gasteiger partial charge >= 0.3 is 5.97 Å². The largest absolute Gasteiger partial charge is 0.464 e. The summed E-state index contributed by atoms with van der Waals surface area (Å²) >= 11 is 0. The molecule has 0 aliphatic carbocycles. The summed E-state index contributed by atoms with van der Waals surface area (Å²) in [7, 11) is 0. The second-order valence-corrected chi connectivity index (χ2v) is 6.64. The molecule has 1 unspecified atom stereocenters. The van der Waals surface area contributed by atoms with Crippen molar-refractivity contribution in [3.63, 3.8) is 0 Å². The first-order valence-corrected chi connectivity index (χ1v) is 9.39. The van der Waals surface area contributed by atoms with E-state index in [0.717, 1.165) is 31.0 Å². The van der Waals surface area contributed by atoms with Gasteiger partial charge in [0.25, 0.3) is 0 Å². The van der Waals surface area contributed by atoms with Crippen molar-refractivity contribution in [1.82, 2.24) is 5.32 Å². The zero-order valence-corrected chi connectivity index (χ0v) is 16.3. The second kappa shape index (κ2) is 12.7. The van der Waals surface area contributed by atoms with E-state index in [1.165, 1.54) is 6.08 Å². The number of esters is 1. The first kappa shape index (κ1) is 23.4. The molecule has 1 aromatic carbocycles. The van der Waals surface area contributed by atoms with Crippen molar-refractivity contribution >= 4 is 11.9 Å². The molecule has 1 aromatic rings. The third-order valence-corrected chi connectivity index (χ3v) is 3.99. The minimum Gasteiger partial charge on any atom is -0.464 e. The minimum absolute atomic E-state index is 0.0905. The highest BCUT2D eigenvalue weighted by molar-refractivity contribution is 5.91. The van der Waals surface area contributed by atoms with Crippen LogP contribution in [0.4, 0.5) is 8.78 Å². The van der Waals surface area contributed by atoms with E-state index < -0.39 is 29.6 Å². The molecule has 0 aliphatic rings. The number of nitrogens with one attached hydrogen (secondary N) is 1. The van der Waals surface area contributed by atoms with Crippen LogP contribution in [-0.4, -0.2) is 24.5 Å². The van der Waals surface area contributed by atoms with Gasteiger partial charge in [0.2, 0.25) is 5.91 Å². The Morgan fingerprint density at radius 3 is 2.57 bits per heavy atom.